The van der Waals surface area contributed by atoms with Gasteiger partial charge >= 0.3 is 0 Å². The van der Waals surface area contributed by atoms with Crippen molar-refractivity contribution in [3.05, 3.63) is 41.7 Å². The van der Waals surface area contributed by atoms with Crippen LogP contribution in [0.4, 0.5) is 0 Å². The molecule has 0 saturated heterocycles. The molecule has 0 radical (unpaired) electrons. The van der Waals surface area contributed by atoms with E-state index in [0.717, 1.165) is 29.8 Å². The Morgan fingerprint density at radius 3 is 3.00 bits per heavy atom. The Labute approximate surface area is 99.5 Å². The van der Waals surface area contributed by atoms with Crippen LogP contribution >= 0.6 is 11.6 Å². The van der Waals surface area contributed by atoms with Crippen LogP contribution in [0, 0.1) is 0 Å². The molecular weight excluding hydrogens is 222 g/mol. The van der Waals surface area contributed by atoms with Crippen LogP contribution in [0.2, 0.25) is 5.02 Å². The van der Waals surface area contributed by atoms with Crippen LogP contribution in [0.1, 0.15) is 5.82 Å². The number of allylic oxidation sites excluding steroid dienone is 1. The molecule has 0 fully saturated rings. The van der Waals surface area contributed by atoms with E-state index in [9.17, 15) is 0 Å². The zero-order chi connectivity index (χ0) is 11.5. The van der Waals surface area contributed by atoms with Crippen LogP contribution in [0.3, 0.4) is 0 Å². The first-order valence-electron chi connectivity index (χ1n) is 5.22. The highest BCUT2D eigenvalue weighted by atomic mass is 35.5. The topological polar surface area (TPSA) is 43.8 Å². The van der Waals surface area contributed by atoms with E-state index in [0.29, 0.717) is 11.6 Å². The Morgan fingerprint density at radius 2 is 2.31 bits per heavy atom. The summed E-state index contributed by atoms with van der Waals surface area (Å²) in [6.45, 7) is 5.09. The number of nitrogens with zero attached hydrogens (tertiary/aromatic N) is 2. The van der Waals surface area contributed by atoms with Crippen molar-refractivity contribution in [2.75, 3.05) is 6.54 Å². The maximum Gasteiger partial charge on any atom is 0.111 e. The summed E-state index contributed by atoms with van der Waals surface area (Å²) in [6, 6.07) is 5.72. The Hall–Kier alpha value is -1.32. The summed E-state index contributed by atoms with van der Waals surface area (Å²) in [6.07, 6.45) is 2.62. The maximum absolute atomic E-state index is 5.94. The molecule has 0 aliphatic heterocycles. The summed E-state index contributed by atoms with van der Waals surface area (Å²) in [5.41, 5.74) is 7.56. The molecule has 16 heavy (non-hydrogen) atoms. The van der Waals surface area contributed by atoms with Crippen molar-refractivity contribution in [3.8, 4) is 0 Å². The van der Waals surface area contributed by atoms with Gasteiger partial charge in [0.15, 0.2) is 0 Å². The summed E-state index contributed by atoms with van der Waals surface area (Å²) in [5, 5.41) is 0.704. The van der Waals surface area contributed by atoms with E-state index in [2.05, 4.69) is 16.1 Å². The van der Waals surface area contributed by atoms with Crippen molar-refractivity contribution in [2.45, 2.75) is 13.0 Å². The summed E-state index contributed by atoms with van der Waals surface area (Å²) in [5.74, 6) is 0.986. The number of nitrogens with two attached hydrogens (primary N) is 1. The summed E-state index contributed by atoms with van der Waals surface area (Å²) < 4.78 is 2.12. The predicted molar refractivity (Wildman–Crippen MR) is 67.7 cm³/mol. The van der Waals surface area contributed by atoms with E-state index in [1.54, 1.807) is 0 Å². The van der Waals surface area contributed by atoms with E-state index in [1.165, 1.54) is 0 Å². The lowest BCUT2D eigenvalue weighted by molar-refractivity contribution is 0.748. The molecule has 1 aromatic carbocycles. The van der Waals surface area contributed by atoms with Gasteiger partial charge in [0.05, 0.1) is 11.0 Å². The number of benzene rings is 1. The molecule has 2 aromatic rings. The highest BCUT2D eigenvalue weighted by molar-refractivity contribution is 6.31. The third-order valence-corrected chi connectivity index (χ3v) is 2.70. The molecule has 4 heteroatoms. The molecule has 3 nitrogen and oxygen atoms in total. The fourth-order valence-corrected chi connectivity index (χ4v) is 1.97. The minimum Gasteiger partial charge on any atom is -0.330 e. The lowest BCUT2D eigenvalue weighted by Gasteiger charge is -2.04. The molecule has 0 amide bonds. The van der Waals surface area contributed by atoms with Gasteiger partial charge in [0.2, 0.25) is 0 Å². The van der Waals surface area contributed by atoms with Gasteiger partial charge in [0.1, 0.15) is 5.82 Å². The number of hydrogen-bond donors (Lipinski definition) is 1. The largest absolute Gasteiger partial charge is 0.330 e. The fourth-order valence-electron chi connectivity index (χ4n) is 1.81. The zero-order valence-corrected chi connectivity index (χ0v) is 9.74. The highest BCUT2D eigenvalue weighted by Gasteiger charge is 2.08. The number of rotatable bonds is 4. The van der Waals surface area contributed by atoms with E-state index >= 15 is 0 Å². The first kappa shape index (κ1) is 11.2. The third-order valence-electron chi connectivity index (χ3n) is 2.47. The smallest absolute Gasteiger partial charge is 0.111 e. The van der Waals surface area contributed by atoms with Gasteiger partial charge in [-0.1, -0.05) is 17.7 Å². The molecule has 0 aliphatic rings. The molecule has 0 bridgehead atoms. The van der Waals surface area contributed by atoms with Crippen LogP contribution in [0.15, 0.2) is 30.9 Å². The summed E-state index contributed by atoms with van der Waals surface area (Å²) in [7, 11) is 0. The van der Waals surface area contributed by atoms with Gasteiger partial charge in [0, 0.05) is 18.0 Å². The van der Waals surface area contributed by atoms with Crippen LogP contribution in [0.5, 0.6) is 0 Å². The van der Waals surface area contributed by atoms with Gasteiger partial charge in [-0.3, -0.25) is 0 Å². The van der Waals surface area contributed by atoms with E-state index in [-0.39, 0.29) is 0 Å². The van der Waals surface area contributed by atoms with E-state index in [4.69, 9.17) is 17.3 Å². The first-order chi connectivity index (χ1) is 7.76. The predicted octanol–water partition coefficient (Wildman–Crippen LogP) is 2.38. The SMILES string of the molecule is C=CCn1c(CCN)nc2cc(Cl)ccc21. The monoisotopic (exact) mass is 235 g/mol. The molecule has 1 aromatic heterocycles. The molecule has 0 spiro atoms. The first-order valence-corrected chi connectivity index (χ1v) is 5.59. The van der Waals surface area contributed by atoms with Gasteiger partial charge in [0.25, 0.3) is 0 Å². The van der Waals surface area contributed by atoms with Crippen molar-refractivity contribution in [1.82, 2.24) is 9.55 Å². The van der Waals surface area contributed by atoms with E-state index < -0.39 is 0 Å². The van der Waals surface area contributed by atoms with Crippen LogP contribution in [-0.4, -0.2) is 16.1 Å². The quantitative estimate of drug-likeness (QED) is 0.827. The Balaban J connectivity index is 2.60. The second-order valence-corrected chi connectivity index (χ2v) is 4.04. The molecule has 84 valence electrons. The number of imidazole rings is 1. The molecule has 0 unspecified atom stereocenters. The molecule has 1 heterocycles. The fraction of sp³-hybridized carbons (Fsp3) is 0.250. The second kappa shape index (κ2) is 4.68. The molecule has 0 saturated carbocycles. The molecule has 2 rings (SSSR count). The van der Waals surface area contributed by atoms with Gasteiger partial charge in [-0.25, -0.2) is 4.98 Å². The van der Waals surface area contributed by atoms with Gasteiger partial charge < -0.3 is 10.3 Å². The maximum atomic E-state index is 5.94. The number of aromatic nitrogens is 2. The van der Waals surface area contributed by atoms with E-state index in [1.807, 2.05) is 24.3 Å². The number of fused-ring (bicyclic) bond motifs is 1. The van der Waals surface area contributed by atoms with Gasteiger partial charge in [-0.05, 0) is 24.7 Å². The summed E-state index contributed by atoms with van der Waals surface area (Å²) >= 11 is 5.94. The minimum absolute atomic E-state index is 0.591. The van der Waals surface area contributed by atoms with Gasteiger partial charge in [-0.15, -0.1) is 6.58 Å². The normalized spacial score (nSPS) is 10.9. The minimum atomic E-state index is 0.591. The lowest BCUT2D eigenvalue weighted by atomic mass is 10.3. The number of hydrogen-bond acceptors (Lipinski definition) is 2. The van der Waals surface area contributed by atoms with Crippen molar-refractivity contribution in [2.24, 2.45) is 5.73 Å². The third kappa shape index (κ3) is 1.96. The average Bonchev–Trinajstić information content (AvgIpc) is 2.57. The summed E-state index contributed by atoms with van der Waals surface area (Å²) in [4.78, 5) is 4.53. The molecule has 0 aliphatic carbocycles. The lowest BCUT2D eigenvalue weighted by Crippen LogP contribution is -2.09. The number of halogens is 1. The highest BCUT2D eigenvalue weighted by Crippen LogP contribution is 2.20. The van der Waals surface area contributed by atoms with Crippen LogP contribution in [-0.2, 0) is 13.0 Å². The van der Waals surface area contributed by atoms with Crippen molar-refractivity contribution in [3.63, 3.8) is 0 Å². The Morgan fingerprint density at radius 1 is 1.50 bits per heavy atom. The van der Waals surface area contributed by atoms with Crippen molar-refractivity contribution >= 4 is 22.6 Å². The Kier molecular flexibility index (Phi) is 3.27. The van der Waals surface area contributed by atoms with Gasteiger partial charge in [-0.2, -0.15) is 0 Å². The average molecular weight is 236 g/mol. The van der Waals surface area contributed by atoms with Crippen molar-refractivity contribution < 1.29 is 0 Å². The molecular formula is C12H14ClN3. The van der Waals surface area contributed by atoms with Crippen LogP contribution < -0.4 is 5.73 Å². The van der Waals surface area contributed by atoms with Crippen LogP contribution in [0.25, 0.3) is 11.0 Å². The Bertz CT molecular complexity index is 516. The standard InChI is InChI=1S/C12H14ClN3/c1-2-7-16-11-4-3-9(13)8-10(11)15-12(16)5-6-14/h2-4,8H,1,5-7,14H2. The van der Waals surface area contributed by atoms with Crippen molar-refractivity contribution in [1.29, 1.82) is 0 Å². The zero-order valence-electron chi connectivity index (χ0n) is 8.99. The molecule has 0 atom stereocenters. The molecule has 2 N–H and O–H groups in total. The second-order valence-electron chi connectivity index (χ2n) is 3.60.